The van der Waals surface area contributed by atoms with Crippen molar-refractivity contribution in [3.8, 4) is 11.5 Å². The summed E-state index contributed by atoms with van der Waals surface area (Å²) >= 11 is 0. The first kappa shape index (κ1) is 30.0. The number of aromatic hydroxyl groups is 2. The van der Waals surface area contributed by atoms with E-state index in [1.807, 2.05) is 0 Å². The Hall–Kier alpha value is -5.02. The first-order valence-electron chi connectivity index (χ1n) is 11.8. The van der Waals surface area contributed by atoms with E-state index in [-0.39, 0.29) is 45.1 Å². The summed E-state index contributed by atoms with van der Waals surface area (Å²) in [5, 5.41) is 24.6. The molecule has 0 spiro atoms. The maximum absolute atomic E-state index is 12.5. The monoisotopic (exact) mass is 610 g/mol. The lowest BCUT2D eigenvalue weighted by Gasteiger charge is -2.11. The normalized spacial score (nSPS) is 11.8. The Bertz CT molecular complexity index is 1810. The fourth-order valence-electron chi connectivity index (χ4n) is 3.85. The largest absolute Gasteiger partial charge is 0.507 e. The van der Waals surface area contributed by atoms with Crippen LogP contribution in [-0.4, -0.2) is 48.0 Å². The maximum atomic E-state index is 12.5. The van der Waals surface area contributed by atoms with Crippen molar-refractivity contribution in [2.45, 2.75) is 9.79 Å². The van der Waals surface area contributed by atoms with Gasteiger partial charge in [-0.05, 0) is 59.7 Å². The van der Waals surface area contributed by atoms with Crippen LogP contribution in [0.4, 0.5) is 11.4 Å². The van der Waals surface area contributed by atoms with E-state index in [4.69, 9.17) is 0 Å². The zero-order chi connectivity index (χ0) is 30.7. The van der Waals surface area contributed by atoms with Gasteiger partial charge in [0.2, 0.25) is 0 Å². The molecule has 0 bridgehead atoms. The minimum Gasteiger partial charge on any atom is -0.507 e. The third-order valence-electron chi connectivity index (χ3n) is 5.84. The maximum Gasteiger partial charge on any atom is 0.295 e. The van der Waals surface area contributed by atoms with E-state index in [2.05, 4.69) is 10.6 Å². The SMILES string of the molecule is O=C(Nc1ccc(/C=C/c2ccc(NC(=O)c3ccccc3O)cc2S(=O)(=O)O)c(S(=O)(=O)O)c1)c1ccccc1O. The van der Waals surface area contributed by atoms with Crippen molar-refractivity contribution in [2.24, 2.45) is 0 Å². The molecule has 0 aliphatic carbocycles. The summed E-state index contributed by atoms with van der Waals surface area (Å²) in [4.78, 5) is 23.7. The van der Waals surface area contributed by atoms with E-state index in [9.17, 15) is 45.7 Å². The molecule has 0 radical (unpaired) electrons. The molecule has 42 heavy (non-hydrogen) atoms. The van der Waals surface area contributed by atoms with Gasteiger partial charge in [0.25, 0.3) is 32.1 Å². The molecule has 0 fully saturated rings. The summed E-state index contributed by atoms with van der Waals surface area (Å²) in [6, 6.07) is 18.4. The fourth-order valence-corrected chi connectivity index (χ4v) is 5.27. The van der Waals surface area contributed by atoms with Crippen LogP contribution in [0.25, 0.3) is 12.2 Å². The number of phenolic OH excluding ortho intramolecular Hbond substituents is 2. The lowest BCUT2D eigenvalue weighted by molar-refractivity contribution is 0.101. The number of hydrogen-bond donors (Lipinski definition) is 6. The summed E-state index contributed by atoms with van der Waals surface area (Å²) in [5.41, 5.74) is -0.416. The molecule has 0 atom stereocenters. The van der Waals surface area contributed by atoms with Gasteiger partial charge in [-0.3, -0.25) is 18.7 Å². The number of nitrogens with one attached hydrogen (secondary N) is 2. The molecule has 0 aliphatic heterocycles. The van der Waals surface area contributed by atoms with Gasteiger partial charge in [0.05, 0.1) is 11.1 Å². The Morgan fingerprint density at radius 2 is 0.929 bits per heavy atom. The van der Waals surface area contributed by atoms with E-state index >= 15 is 0 Å². The molecule has 6 N–H and O–H groups in total. The highest BCUT2D eigenvalue weighted by Crippen LogP contribution is 2.27. The first-order chi connectivity index (χ1) is 19.7. The van der Waals surface area contributed by atoms with Crippen LogP contribution in [0.1, 0.15) is 31.8 Å². The molecule has 14 heteroatoms. The van der Waals surface area contributed by atoms with Gasteiger partial charge in [-0.2, -0.15) is 16.8 Å². The number of anilines is 2. The van der Waals surface area contributed by atoms with Gasteiger partial charge in [-0.15, -0.1) is 0 Å². The van der Waals surface area contributed by atoms with Crippen LogP contribution in [0.3, 0.4) is 0 Å². The number of para-hydroxylation sites is 2. The molecule has 4 aromatic rings. The Balaban J connectivity index is 1.65. The van der Waals surface area contributed by atoms with Crippen molar-refractivity contribution in [1.82, 2.24) is 0 Å². The smallest absolute Gasteiger partial charge is 0.295 e. The van der Waals surface area contributed by atoms with Crippen LogP contribution in [0.15, 0.2) is 94.7 Å². The number of rotatable bonds is 8. The summed E-state index contributed by atoms with van der Waals surface area (Å²) in [5.74, 6) is -2.10. The number of carbonyl (C=O) groups is 2. The minimum absolute atomic E-state index is 0.0313. The molecule has 0 aliphatic rings. The van der Waals surface area contributed by atoms with Gasteiger partial charge in [0.1, 0.15) is 21.3 Å². The lowest BCUT2D eigenvalue weighted by atomic mass is 10.1. The molecule has 0 saturated heterocycles. The highest BCUT2D eigenvalue weighted by atomic mass is 32.2. The van der Waals surface area contributed by atoms with Crippen molar-refractivity contribution in [1.29, 1.82) is 0 Å². The van der Waals surface area contributed by atoms with Gasteiger partial charge < -0.3 is 20.8 Å². The first-order valence-corrected chi connectivity index (χ1v) is 14.7. The van der Waals surface area contributed by atoms with E-state index in [0.29, 0.717) is 0 Å². The van der Waals surface area contributed by atoms with E-state index in [0.717, 1.165) is 24.3 Å². The third-order valence-corrected chi connectivity index (χ3v) is 7.66. The second kappa shape index (κ2) is 11.8. The second-order valence-corrected chi connectivity index (χ2v) is 11.5. The molecule has 2 amide bonds. The van der Waals surface area contributed by atoms with Gasteiger partial charge >= 0.3 is 0 Å². The van der Waals surface area contributed by atoms with E-state index in [1.165, 1.54) is 72.8 Å². The van der Waals surface area contributed by atoms with Gasteiger partial charge in [0, 0.05) is 11.4 Å². The molecule has 12 nitrogen and oxygen atoms in total. The zero-order valence-electron chi connectivity index (χ0n) is 21.3. The highest BCUT2D eigenvalue weighted by Gasteiger charge is 2.19. The van der Waals surface area contributed by atoms with Crippen molar-refractivity contribution in [3.05, 3.63) is 107 Å². The molecule has 0 heterocycles. The number of hydrogen-bond acceptors (Lipinski definition) is 8. The van der Waals surface area contributed by atoms with Crippen molar-refractivity contribution in [2.75, 3.05) is 10.6 Å². The topological polar surface area (TPSA) is 207 Å². The number of phenols is 2. The average molecular weight is 611 g/mol. The van der Waals surface area contributed by atoms with Crippen LogP contribution in [0.5, 0.6) is 11.5 Å². The van der Waals surface area contributed by atoms with Crippen LogP contribution in [0.2, 0.25) is 0 Å². The molecular formula is C28H22N2O10S2. The molecule has 216 valence electrons. The summed E-state index contributed by atoms with van der Waals surface area (Å²) in [7, 11) is -9.69. The zero-order valence-corrected chi connectivity index (χ0v) is 22.9. The second-order valence-electron chi connectivity index (χ2n) is 8.73. The standard InChI is InChI=1S/C28H22N2O10S2/c31-23-7-3-1-5-21(23)27(33)29-19-13-11-17(25(15-19)41(35,36)37)9-10-18-12-14-20(16-26(18)42(38,39)40)30-28(34)22-6-2-4-8-24(22)32/h1-16,31-32H,(H,29,33)(H,30,34)(H,35,36,37)(H,38,39,40)/b10-9+. The number of amides is 2. The number of carbonyl (C=O) groups excluding carboxylic acids is 2. The minimum atomic E-state index is -4.85. The summed E-state index contributed by atoms with van der Waals surface area (Å²) in [6.45, 7) is 0. The summed E-state index contributed by atoms with van der Waals surface area (Å²) in [6.07, 6.45) is 2.31. The predicted octanol–water partition coefficient (Wildman–Crippen LogP) is 4.27. The molecule has 4 rings (SSSR count). The Morgan fingerprint density at radius 3 is 1.26 bits per heavy atom. The third kappa shape index (κ3) is 7.00. The van der Waals surface area contributed by atoms with Gasteiger partial charge in [-0.25, -0.2) is 0 Å². The van der Waals surface area contributed by atoms with E-state index in [1.54, 1.807) is 0 Å². The predicted molar refractivity (Wildman–Crippen MR) is 154 cm³/mol. The highest BCUT2D eigenvalue weighted by molar-refractivity contribution is 7.86. The Kier molecular flexibility index (Phi) is 8.44. The van der Waals surface area contributed by atoms with E-state index < -0.39 is 41.8 Å². The molecule has 0 saturated carbocycles. The quantitative estimate of drug-likeness (QED) is 0.123. The molecule has 0 unspecified atom stereocenters. The van der Waals surface area contributed by atoms with Crippen molar-refractivity contribution < 1.29 is 45.7 Å². The molecular weight excluding hydrogens is 588 g/mol. The number of benzene rings is 4. The van der Waals surface area contributed by atoms with Gasteiger partial charge in [-0.1, -0.05) is 48.6 Å². The van der Waals surface area contributed by atoms with Crippen LogP contribution >= 0.6 is 0 Å². The summed E-state index contributed by atoms with van der Waals surface area (Å²) < 4.78 is 68.1. The Morgan fingerprint density at radius 1 is 0.571 bits per heavy atom. The molecule has 0 aromatic heterocycles. The van der Waals surface area contributed by atoms with Gasteiger partial charge in [0.15, 0.2) is 0 Å². The van der Waals surface area contributed by atoms with Crippen LogP contribution in [0, 0.1) is 0 Å². The molecule has 4 aromatic carbocycles. The lowest BCUT2D eigenvalue weighted by Crippen LogP contribution is -2.13. The van der Waals surface area contributed by atoms with Crippen LogP contribution < -0.4 is 10.6 Å². The van der Waals surface area contributed by atoms with Crippen molar-refractivity contribution >= 4 is 55.6 Å². The fraction of sp³-hybridized carbons (Fsp3) is 0. The Labute approximate surface area is 240 Å². The van der Waals surface area contributed by atoms with Crippen LogP contribution in [-0.2, 0) is 20.2 Å². The average Bonchev–Trinajstić information content (AvgIpc) is 2.92. The van der Waals surface area contributed by atoms with Crippen molar-refractivity contribution in [3.63, 3.8) is 0 Å².